The SMILES string of the molecule is CC(C)(C)c1ccc(-c2cc3ccccc3c3c2OP(=O)(NS(=O)(=O)C(F)(F)F)Oc2c(-c4ccc(C(C)(C)C)cc4)cc4ccccc4c2-3)cc1. The standard InChI is InChI=1S/C41H37F3NO5PS/c1-39(2,3)29-19-15-25(16-20-29)33-23-27-11-7-9-13-31(27)35-36-32-14-10-8-12-28(32)24-34(26-17-21-30(22-18-26)40(4,5)6)38(36)50-51(46,49-37(33)35)45-52(47,48)41(42,43)44/h7-24H,1-6H3,(H,45,46). The Kier molecular flexibility index (Phi) is 8.41. The molecule has 0 fully saturated rings. The Balaban J connectivity index is 1.63. The lowest BCUT2D eigenvalue weighted by Crippen LogP contribution is -2.36. The summed E-state index contributed by atoms with van der Waals surface area (Å²) in [6.45, 7) is 12.4. The Labute approximate surface area is 301 Å². The number of fused-ring (bicyclic) bond motifs is 7. The third-order valence-electron chi connectivity index (χ3n) is 9.34. The maximum absolute atomic E-state index is 14.8. The lowest BCUT2D eigenvalue weighted by molar-refractivity contribution is -0.0443. The van der Waals surface area contributed by atoms with Crippen LogP contribution in [0, 0.1) is 0 Å². The predicted octanol–water partition coefficient (Wildman–Crippen LogP) is 11.9. The van der Waals surface area contributed by atoms with Crippen LogP contribution in [0.2, 0.25) is 0 Å². The van der Waals surface area contributed by atoms with E-state index in [0.29, 0.717) is 44.2 Å². The fourth-order valence-corrected chi connectivity index (χ4v) is 9.35. The minimum atomic E-state index is -6.22. The number of alkyl halides is 3. The molecule has 268 valence electrons. The molecule has 0 atom stereocenters. The van der Waals surface area contributed by atoms with Gasteiger partial charge in [0.1, 0.15) is 11.5 Å². The highest BCUT2D eigenvalue weighted by atomic mass is 32.2. The van der Waals surface area contributed by atoms with E-state index in [2.05, 4.69) is 41.5 Å². The van der Waals surface area contributed by atoms with E-state index < -0.39 is 23.3 Å². The highest BCUT2D eigenvalue weighted by molar-refractivity contribution is 7.95. The van der Waals surface area contributed by atoms with Gasteiger partial charge in [-0.15, -0.1) is 0 Å². The van der Waals surface area contributed by atoms with Crippen molar-refractivity contribution in [2.75, 3.05) is 0 Å². The molecule has 0 aliphatic carbocycles. The van der Waals surface area contributed by atoms with Gasteiger partial charge in [0.25, 0.3) is 0 Å². The lowest BCUT2D eigenvalue weighted by Gasteiger charge is -2.22. The van der Waals surface area contributed by atoms with Crippen molar-refractivity contribution in [1.29, 1.82) is 0 Å². The first kappa shape index (κ1) is 35.8. The monoisotopic (exact) mass is 743 g/mol. The second kappa shape index (κ2) is 12.2. The summed E-state index contributed by atoms with van der Waals surface area (Å²) >= 11 is 0. The second-order valence-electron chi connectivity index (χ2n) is 15.1. The molecule has 1 aliphatic rings. The van der Waals surface area contributed by atoms with Crippen molar-refractivity contribution in [3.05, 3.63) is 120 Å². The normalized spacial score (nSPS) is 14.6. The summed E-state index contributed by atoms with van der Waals surface area (Å²) in [4.78, 5) is 0. The van der Waals surface area contributed by atoms with Crippen molar-refractivity contribution in [1.82, 2.24) is 4.49 Å². The Bertz CT molecular complexity index is 2380. The Hall–Kier alpha value is -4.63. The van der Waals surface area contributed by atoms with Gasteiger partial charge in [-0.05, 0) is 66.8 Å². The molecule has 0 unspecified atom stereocenters. The zero-order valence-electron chi connectivity index (χ0n) is 29.4. The van der Waals surface area contributed by atoms with Crippen molar-refractivity contribution < 1.29 is 35.2 Å². The maximum atomic E-state index is 14.8. The molecule has 0 radical (unpaired) electrons. The molecule has 1 heterocycles. The number of rotatable bonds is 4. The molecule has 0 aromatic heterocycles. The van der Waals surface area contributed by atoms with Crippen LogP contribution < -0.4 is 13.5 Å². The molecule has 0 saturated carbocycles. The van der Waals surface area contributed by atoms with Gasteiger partial charge in [-0.25, -0.2) is 13.0 Å². The fraction of sp³-hybridized carbons (Fsp3) is 0.220. The number of nitrogens with one attached hydrogen (secondary N) is 1. The summed E-state index contributed by atoms with van der Waals surface area (Å²) in [5.41, 5.74) is -1.27. The summed E-state index contributed by atoms with van der Waals surface area (Å²) < 4.78 is 95.5. The van der Waals surface area contributed by atoms with Gasteiger partial charge in [-0.1, -0.05) is 143 Å². The number of hydrogen-bond donors (Lipinski definition) is 1. The minimum Gasteiger partial charge on any atom is -0.403 e. The van der Waals surface area contributed by atoms with Crippen molar-refractivity contribution in [3.63, 3.8) is 0 Å². The van der Waals surface area contributed by atoms with Crippen LogP contribution in [0.3, 0.4) is 0 Å². The van der Waals surface area contributed by atoms with E-state index in [-0.39, 0.29) is 22.3 Å². The lowest BCUT2D eigenvalue weighted by atomic mass is 9.84. The summed E-state index contributed by atoms with van der Waals surface area (Å²) in [6.07, 6.45) is 0. The quantitative estimate of drug-likeness (QED) is 0.182. The van der Waals surface area contributed by atoms with Gasteiger partial charge >= 0.3 is 23.3 Å². The minimum absolute atomic E-state index is 0.0837. The van der Waals surface area contributed by atoms with Crippen molar-refractivity contribution in [2.24, 2.45) is 0 Å². The second-order valence-corrected chi connectivity index (χ2v) is 18.6. The molecule has 7 rings (SSSR count). The van der Waals surface area contributed by atoms with Gasteiger partial charge in [-0.2, -0.15) is 13.2 Å². The summed E-state index contributed by atoms with van der Waals surface area (Å²) in [7, 11) is -11.6. The molecule has 0 amide bonds. The van der Waals surface area contributed by atoms with Crippen LogP contribution in [0.5, 0.6) is 11.5 Å². The predicted molar refractivity (Wildman–Crippen MR) is 202 cm³/mol. The number of benzene rings is 6. The first-order valence-corrected chi connectivity index (χ1v) is 19.7. The zero-order valence-corrected chi connectivity index (χ0v) is 31.1. The van der Waals surface area contributed by atoms with Crippen LogP contribution in [0.4, 0.5) is 13.2 Å². The average Bonchev–Trinajstić information content (AvgIpc) is 3.20. The van der Waals surface area contributed by atoms with Gasteiger partial charge in [0.2, 0.25) is 0 Å². The van der Waals surface area contributed by atoms with Gasteiger partial charge in [-0.3, -0.25) is 0 Å². The number of hydrogen-bond acceptors (Lipinski definition) is 5. The van der Waals surface area contributed by atoms with E-state index in [1.165, 1.54) is 4.49 Å². The highest BCUT2D eigenvalue weighted by Crippen LogP contribution is 2.62. The molecule has 6 nitrogen and oxygen atoms in total. The molecule has 11 heteroatoms. The van der Waals surface area contributed by atoms with E-state index in [4.69, 9.17) is 9.05 Å². The van der Waals surface area contributed by atoms with Crippen molar-refractivity contribution in [3.8, 4) is 44.9 Å². The van der Waals surface area contributed by atoms with Crippen LogP contribution in [-0.2, 0) is 25.4 Å². The van der Waals surface area contributed by atoms with Gasteiger partial charge < -0.3 is 9.05 Å². The van der Waals surface area contributed by atoms with Gasteiger partial charge in [0, 0.05) is 22.3 Å². The summed E-state index contributed by atoms with van der Waals surface area (Å²) in [5, 5.41) is 2.80. The largest absolute Gasteiger partial charge is 0.526 e. The van der Waals surface area contributed by atoms with E-state index in [1.807, 2.05) is 97.1 Å². The first-order chi connectivity index (χ1) is 24.3. The molecule has 6 aromatic rings. The van der Waals surface area contributed by atoms with Crippen LogP contribution in [0.1, 0.15) is 52.7 Å². The van der Waals surface area contributed by atoms with E-state index in [9.17, 15) is 26.2 Å². The fourth-order valence-electron chi connectivity index (χ4n) is 6.57. The molecule has 0 bridgehead atoms. The Morgan fingerprint density at radius 3 is 1.29 bits per heavy atom. The third kappa shape index (κ3) is 6.37. The average molecular weight is 744 g/mol. The van der Waals surface area contributed by atoms with Crippen LogP contribution in [0.25, 0.3) is 54.9 Å². The van der Waals surface area contributed by atoms with E-state index in [1.54, 1.807) is 12.1 Å². The van der Waals surface area contributed by atoms with Crippen molar-refractivity contribution >= 4 is 39.3 Å². The smallest absolute Gasteiger partial charge is 0.403 e. The Morgan fingerprint density at radius 1 is 0.577 bits per heavy atom. The molecule has 1 N–H and O–H groups in total. The van der Waals surface area contributed by atoms with E-state index >= 15 is 0 Å². The topological polar surface area (TPSA) is 81.7 Å². The molecular weight excluding hydrogens is 706 g/mol. The van der Waals surface area contributed by atoms with Crippen LogP contribution in [-0.4, -0.2) is 13.9 Å². The first-order valence-electron chi connectivity index (χ1n) is 16.7. The number of sulfonamides is 1. The zero-order chi connectivity index (χ0) is 37.4. The summed E-state index contributed by atoms with van der Waals surface area (Å²) in [6, 6.07) is 33.6. The van der Waals surface area contributed by atoms with Crippen molar-refractivity contribution in [2.45, 2.75) is 57.9 Å². The van der Waals surface area contributed by atoms with Gasteiger partial charge in [0.15, 0.2) is 0 Å². The molecule has 0 spiro atoms. The molecule has 0 saturated heterocycles. The molecule has 1 aliphatic heterocycles. The third-order valence-corrected chi connectivity index (χ3v) is 12.6. The van der Waals surface area contributed by atoms with Crippen LogP contribution in [0.15, 0.2) is 109 Å². The molecule has 6 aromatic carbocycles. The number of halogens is 3. The molecule has 52 heavy (non-hydrogen) atoms. The molecular formula is C41H37F3NO5PS. The Morgan fingerprint density at radius 2 is 0.942 bits per heavy atom. The van der Waals surface area contributed by atoms with Crippen LogP contribution >= 0.6 is 7.75 Å². The van der Waals surface area contributed by atoms with Gasteiger partial charge in [0.05, 0.1) is 0 Å². The highest BCUT2D eigenvalue weighted by Gasteiger charge is 2.53. The maximum Gasteiger partial charge on any atom is 0.526 e. The summed E-state index contributed by atoms with van der Waals surface area (Å²) in [5.74, 6) is -0.167. The van der Waals surface area contributed by atoms with E-state index in [0.717, 1.165) is 21.9 Å².